The van der Waals surface area contributed by atoms with Crippen LogP contribution in [0.1, 0.15) is 38.7 Å². The first kappa shape index (κ1) is 14.2. The summed E-state index contributed by atoms with van der Waals surface area (Å²) in [5.41, 5.74) is 1.38. The molecule has 0 radical (unpaired) electrons. The molecule has 1 aromatic carbocycles. The van der Waals surface area contributed by atoms with Gasteiger partial charge in [0.05, 0.1) is 6.61 Å². The Morgan fingerprint density at radius 1 is 1.18 bits per heavy atom. The fraction of sp³-hybridized carbons (Fsp3) is 0.600. The van der Waals surface area contributed by atoms with Crippen molar-refractivity contribution in [2.24, 2.45) is 0 Å². The van der Waals surface area contributed by atoms with Gasteiger partial charge in [0.2, 0.25) is 0 Å². The van der Waals surface area contributed by atoms with Crippen LogP contribution < -0.4 is 5.32 Å². The van der Waals surface area contributed by atoms with Crippen LogP contribution in [0, 0.1) is 0 Å². The average Bonchev–Trinajstić information content (AvgIpc) is 2.39. The lowest BCUT2D eigenvalue weighted by atomic mass is 9.93. The summed E-state index contributed by atoms with van der Waals surface area (Å²) in [4.78, 5) is 0. The fourth-order valence-electron chi connectivity index (χ4n) is 1.94. The molecule has 0 aliphatic rings. The number of benzene rings is 1. The van der Waals surface area contributed by atoms with Crippen molar-refractivity contribution in [3.05, 3.63) is 35.9 Å². The topological polar surface area (TPSA) is 21.3 Å². The highest BCUT2D eigenvalue weighted by Gasteiger charge is 2.17. The number of nitrogens with one attached hydrogen (secondary N) is 1. The maximum Gasteiger partial charge on any atom is 0.0625 e. The first-order chi connectivity index (χ1) is 8.29. The third-order valence-electron chi connectivity index (χ3n) is 3.09. The number of hydrogen-bond donors (Lipinski definition) is 1. The van der Waals surface area contributed by atoms with Gasteiger partial charge in [0.1, 0.15) is 0 Å². The molecular weight excluding hydrogens is 210 g/mol. The van der Waals surface area contributed by atoms with Gasteiger partial charge in [-0.1, -0.05) is 44.2 Å². The van der Waals surface area contributed by atoms with Crippen LogP contribution in [0.3, 0.4) is 0 Å². The molecule has 1 rings (SSSR count). The Bertz CT molecular complexity index is 278. The molecule has 0 saturated heterocycles. The smallest absolute Gasteiger partial charge is 0.0625 e. The van der Waals surface area contributed by atoms with Crippen LogP contribution in [0.15, 0.2) is 30.3 Å². The molecule has 2 heteroatoms. The Kier molecular flexibility index (Phi) is 6.90. The summed E-state index contributed by atoms with van der Waals surface area (Å²) in [6, 6.07) is 11.0. The predicted molar refractivity (Wildman–Crippen MR) is 73.4 cm³/mol. The van der Waals surface area contributed by atoms with E-state index in [2.05, 4.69) is 49.5 Å². The minimum atomic E-state index is 0.400. The number of ether oxygens (including phenoxy) is 1. The summed E-state index contributed by atoms with van der Waals surface area (Å²) in [5.74, 6) is 0.481. The van der Waals surface area contributed by atoms with Gasteiger partial charge in [0, 0.05) is 12.6 Å². The first-order valence-corrected chi connectivity index (χ1v) is 6.65. The van der Waals surface area contributed by atoms with E-state index >= 15 is 0 Å². The highest BCUT2D eigenvalue weighted by molar-refractivity contribution is 5.20. The van der Waals surface area contributed by atoms with Crippen LogP contribution in [0.2, 0.25) is 0 Å². The summed E-state index contributed by atoms with van der Waals surface area (Å²) < 4.78 is 5.57. The predicted octanol–water partition coefficient (Wildman–Crippen LogP) is 3.19. The Balaban J connectivity index is 2.61. The SMILES string of the molecule is CCCNC(COCC)C(C)c1ccccc1. The normalized spacial score (nSPS) is 14.5. The standard InChI is InChI=1S/C15H25NO/c1-4-11-16-15(12-17-5-2)13(3)14-9-7-6-8-10-14/h6-10,13,15-16H,4-5,11-12H2,1-3H3. The lowest BCUT2D eigenvalue weighted by molar-refractivity contribution is 0.116. The zero-order chi connectivity index (χ0) is 12.5. The molecular formula is C15H25NO. The van der Waals surface area contributed by atoms with E-state index in [4.69, 9.17) is 4.74 Å². The summed E-state index contributed by atoms with van der Waals surface area (Å²) in [5, 5.41) is 3.58. The molecule has 0 bridgehead atoms. The zero-order valence-electron chi connectivity index (χ0n) is 11.3. The van der Waals surface area contributed by atoms with Gasteiger partial charge in [-0.3, -0.25) is 0 Å². The van der Waals surface area contributed by atoms with E-state index in [0.29, 0.717) is 12.0 Å². The van der Waals surface area contributed by atoms with Crippen LogP contribution in [0.4, 0.5) is 0 Å². The van der Waals surface area contributed by atoms with E-state index in [-0.39, 0.29) is 0 Å². The highest BCUT2D eigenvalue weighted by atomic mass is 16.5. The van der Waals surface area contributed by atoms with Gasteiger partial charge < -0.3 is 10.1 Å². The van der Waals surface area contributed by atoms with Gasteiger partial charge in [0.25, 0.3) is 0 Å². The third-order valence-corrected chi connectivity index (χ3v) is 3.09. The van der Waals surface area contributed by atoms with Crippen LogP contribution in [0.25, 0.3) is 0 Å². The highest BCUT2D eigenvalue weighted by Crippen LogP contribution is 2.19. The molecule has 1 N–H and O–H groups in total. The second-order valence-electron chi connectivity index (χ2n) is 4.42. The quantitative estimate of drug-likeness (QED) is 0.747. The Morgan fingerprint density at radius 2 is 1.88 bits per heavy atom. The minimum absolute atomic E-state index is 0.400. The number of hydrogen-bond acceptors (Lipinski definition) is 2. The van der Waals surface area contributed by atoms with Crippen LogP contribution in [-0.4, -0.2) is 25.8 Å². The third kappa shape index (κ3) is 4.88. The summed E-state index contributed by atoms with van der Waals surface area (Å²) >= 11 is 0. The van der Waals surface area contributed by atoms with E-state index in [1.54, 1.807) is 0 Å². The molecule has 0 saturated carbocycles. The van der Waals surface area contributed by atoms with Crippen molar-refractivity contribution in [2.75, 3.05) is 19.8 Å². The molecule has 0 spiro atoms. The fourth-order valence-corrected chi connectivity index (χ4v) is 1.94. The number of rotatable bonds is 8. The maximum absolute atomic E-state index is 5.57. The van der Waals surface area contributed by atoms with E-state index in [1.165, 1.54) is 5.56 Å². The van der Waals surface area contributed by atoms with Gasteiger partial charge >= 0.3 is 0 Å². The second-order valence-corrected chi connectivity index (χ2v) is 4.42. The van der Waals surface area contributed by atoms with Crippen LogP contribution in [0.5, 0.6) is 0 Å². The molecule has 0 aliphatic carbocycles. The molecule has 2 atom stereocenters. The van der Waals surface area contributed by atoms with Crippen molar-refractivity contribution in [1.29, 1.82) is 0 Å². The Labute approximate surface area is 105 Å². The van der Waals surface area contributed by atoms with E-state index < -0.39 is 0 Å². The van der Waals surface area contributed by atoms with E-state index in [9.17, 15) is 0 Å². The van der Waals surface area contributed by atoms with E-state index in [1.807, 2.05) is 6.92 Å². The van der Waals surface area contributed by atoms with Crippen molar-refractivity contribution in [2.45, 2.75) is 39.2 Å². The first-order valence-electron chi connectivity index (χ1n) is 6.65. The second kappa shape index (κ2) is 8.26. The largest absolute Gasteiger partial charge is 0.380 e. The maximum atomic E-state index is 5.57. The molecule has 0 fully saturated rings. The van der Waals surface area contributed by atoms with Gasteiger partial charge in [-0.2, -0.15) is 0 Å². The van der Waals surface area contributed by atoms with Crippen molar-refractivity contribution >= 4 is 0 Å². The molecule has 0 heterocycles. The van der Waals surface area contributed by atoms with Crippen molar-refractivity contribution in [3.63, 3.8) is 0 Å². The average molecular weight is 235 g/mol. The van der Waals surface area contributed by atoms with Gasteiger partial charge in [-0.15, -0.1) is 0 Å². The van der Waals surface area contributed by atoms with Gasteiger partial charge in [0.15, 0.2) is 0 Å². The molecule has 0 amide bonds. The molecule has 0 aromatic heterocycles. The molecule has 2 unspecified atom stereocenters. The molecule has 2 nitrogen and oxygen atoms in total. The monoisotopic (exact) mass is 235 g/mol. The summed E-state index contributed by atoms with van der Waals surface area (Å²) in [6.45, 7) is 9.12. The van der Waals surface area contributed by atoms with Crippen molar-refractivity contribution < 1.29 is 4.74 Å². The lowest BCUT2D eigenvalue weighted by Gasteiger charge is -2.25. The van der Waals surface area contributed by atoms with Crippen LogP contribution >= 0.6 is 0 Å². The summed E-state index contributed by atoms with van der Waals surface area (Å²) in [6.07, 6.45) is 1.16. The van der Waals surface area contributed by atoms with Crippen molar-refractivity contribution in [3.8, 4) is 0 Å². The van der Waals surface area contributed by atoms with Crippen LogP contribution in [-0.2, 0) is 4.74 Å². The Morgan fingerprint density at radius 3 is 2.47 bits per heavy atom. The van der Waals surface area contributed by atoms with Gasteiger partial charge in [-0.25, -0.2) is 0 Å². The van der Waals surface area contributed by atoms with Gasteiger partial charge in [-0.05, 0) is 31.4 Å². The van der Waals surface area contributed by atoms with Crippen molar-refractivity contribution in [1.82, 2.24) is 5.32 Å². The lowest BCUT2D eigenvalue weighted by Crippen LogP contribution is -2.38. The molecule has 1 aromatic rings. The van der Waals surface area contributed by atoms with E-state index in [0.717, 1.165) is 26.2 Å². The Hall–Kier alpha value is -0.860. The minimum Gasteiger partial charge on any atom is -0.380 e. The molecule has 0 aliphatic heterocycles. The zero-order valence-corrected chi connectivity index (χ0v) is 11.3. The molecule has 17 heavy (non-hydrogen) atoms. The summed E-state index contributed by atoms with van der Waals surface area (Å²) in [7, 11) is 0. The molecule has 96 valence electrons.